The number of halogens is 2. The minimum atomic E-state index is -0.772. The van der Waals surface area contributed by atoms with Crippen molar-refractivity contribution in [2.75, 3.05) is 0 Å². The number of rotatable bonds is 3. The quantitative estimate of drug-likeness (QED) is 0.923. The minimum Gasteiger partial charge on any atom is -0.451 e. The molecule has 0 spiro atoms. The fourth-order valence-electron chi connectivity index (χ4n) is 1.56. The monoisotopic (exact) mass is 261 g/mol. The van der Waals surface area contributed by atoms with Crippen LogP contribution in [-0.2, 0) is 6.61 Å². The average Bonchev–Trinajstić information content (AvgIpc) is 2.42. The highest BCUT2D eigenvalue weighted by molar-refractivity contribution is 5.41. The maximum atomic E-state index is 13.6. The Hall–Kier alpha value is -2.45. The molecule has 0 radical (unpaired) electrons. The number of aliphatic hydroxyl groups is 1. The Labute approximate surface area is 108 Å². The molecule has 0 heterocycles. The van der Waals surface area contributed by atoms with E-state index >= 15 is 0 Å². The molecule has 2 rings (SSSR count). The molecule has 0 amide bonds. The molecule has 0 aromatic heterocycles. The van der Waals surface area contributed by atoms with E-state index < -0.39 is 18.2 Å². The zero-order valence-electron chi connectivity index (χ0n) is 9.73. The van der Waals surface area contributed by atoms with Gasteiger partial charge in [0.1, 0.15) is 0 Å². The smallest absolute Gasteiger partial charge is 0.168 e. The van der Waals surface area contributed by atoms with E-state index in [2.05, 4.69) is 0 Å². The molecule has 2 aromatic carbocycles. The van der Waals surface area contributed by atoms with Gasteiger partial charge in [0.2, 0.25) is 0 Å². The number of aliphatic hydroxyl groups excluding tert-OH is 1. The van der Waals surface area contributed by atoms with Crippen LogP contribution in [0.25, 0.3) is 0 Å². The van der Waals surface area contributed by atoms with E-state index in [-0.39, 0.29) is 22.6 Å². The first-order valence-corrected chi connectivity index (χ1v) is 5.41. The van der Waals surface area contributed by atoms with E-state index in [0.29, 0.717) is 0 Å². The topological polar surface area (TPSA) is 53.2 Å². The van der Waals surface area contributed by atoms with Crippen LogP contribution in [0.2, 0.25) is 0 Å². The lowest BCUT2D eigenvalue weighted by Gasteiger charge is -2.11. The molecule has 0 aliphatic carbocycles. The maximum absolute atomic E-state index is 13.6. The van der Waals surface area contributed by atoms with E-state index in [1.807, 2.05) is 0 Å². The Balaban J connectivity index is 2.39. The molecule has 0 saturated heterocycles. The lowest BCUT2D eigenvalue weighted by molar-refractivity contribution is 0.273. The number of benzene rings is 2. The van der Waals surface area contributed by atoms with Crippen molar-refractivity contribution in [2.45, 2.75) is 6.61 Å². The predicted octanol–water partition coefficient (Wildman–Crippen LogP) is 3.12. The summed E-state index contributed by atoms with van der Waals surface area (Å²) in [6, 6.07) is 9.42. The van der Waals surface area contributed by atoms with E-state index in [4.69, 9.17) is 15.1 Å². The van der Waals surface area contributed by atoms with Crippen molar-refractivity contribution in [3.63, 3.8) is 0 Å². The number of nitrogens with zero attached hydrogens (tertiary/aromatic N) is 1. The largest absolute Gasteiger partial charge is 0.451 e. The Morgan fingerprint density at radius 2 is 1.95 bits per heavy atom. The van der Waals surface area contributed by atoms with Crippen molar-refractivity contribution in [1.29, 1.82) is 5.26 Å². The molecule has 19 heavy (non-hydrogen) atoms. The summed E-state index contributed by atoms with van der Waals surface area (Å²) in [5.74, 6) is -1.91. The number of hydrogen-bond donors (Lipinski definition) is 1. The van der Waals surface area contributed by atoms with Crippen LogP contribution in [-0.4, -0.2) is 5.11 Å². The van der Waals surface area contributed by atoms with Gasteiger partial charge in [-0.05, 0) is 24.3 Å². The molecule has 1 N–H and O–H groups in total. The molecule has 3 nitrogen and oxygen atoms in total. The first-order chi connectivity index (χ1) is 9.15. The molecular weight excluding hydrogens is 252 g/mol. The molecule has 0 unspecified atom stereocenters. The van der Waals surface area contributed by atoms with Crippen molar-refractivity contribution in [3.8, 4) is 17.6 Å². The summed E-state index contributed by atoms with van der Waals surface area (Å²) in [5, 5.41) is 17.7. The van der Waals surface area contributed by atoms with Crippen LogP contribution in [0.15, 0.2) is 36.4 Å². The average molecular weight is 261 g/mol. The summed E-state index contributed by atoms with van der Waals surface area (Å²) in [4.78, 5) is 0. The first kappa shape index (κ1) is 13.0. The summed E-state index contributed by atoms with van der Waals surface area (Å²) in [5.41, 5.74) is 0.351. The third-order valence-electron chi connectivity index (χ3n) is 2.49. The van der Waals surface area contributed by atoms with E-state index in [1.54, 1.807) is 6.07 Å². The summed E-state index contributed by atoms with van der Waals surface area (Å²) in [6.07, 6.45) is 0. The normalized spacial score (nSPS) is 10.0. The number of ether oxygens (including phenoxy) is 1. The van der Waals surface area contributed by atoms with Gasteiger partial charge < -0.3 is 9.84 Å². The fraction of sp³-hybridized carbons (Fsp3) is 0.0714. The van der Waals surface area contributed by atoms with Gasteiger partial charge in [0, 0.05) is 5.56 Å². The van der Waals surface area contributed by atoms with Crippen LogP contribution >= 0.6 is 0 Å². The molecule has 0 aliphatic heterocycles. The van der Waals surface area contributed by atoms with Gasteiger partial charge in [-0.1, -0.05) is 12.1 Å². The molecule has 0 saturated carbocycles. The fourth-order valence-corrected chi connectivity index (χ4v) is 1.56. The zero-order chi connectivity index (χ0) is 13.8. The second-order valence-corrected chi connectivity index (χ2v) is 3.75. The summed E-state index contributed by atoms with van der Waals surface area (Å²) in [6.45, 7) is -0.426. The van der Waals surface area contributed by atoms with Gasteiger partial charge in [-0.3, -0.25) is 0 Å². The third-order valence-corrected chi connectivity index (χ3v) is 2.49. The van der Waals surface area contributed by atoms with E-state index in [0.717, 1.165) is 12.1 Å². The van der Waals surface area contributed by atoms with Crippen molar-refractivity contribution < 1.29 is 18.6 Å². The van der Waals surface area contributed by atoms with Crippen LogP contribution in [0.4, 0.5) is 8.78 Å². The van der Waals surface area contributed by atoms with Gasteiger partial charge in [-0.25, -0.2) is 8.78 Å². The van der Waals surface area contributed by atoms with Crippen LogP contribution in [0, 0.1) is 23.0 Å². The highest BCUT2D eigenvalue weighted by Crippen LogP contribution is 2.30. The number of para-hydroxylation sites is 1. The molecule has 96 valence electrons. The van der Waals surface area contributed by atoms with Crippen molar-refractivity contribution in [2.24, 2.45) is 0 Å². The van der Waals surface area contributed by atoms with Gasteiger partial charge in [-0.15, -0.1) is 0 Å². The third kappa shape index (κ3) is 2.69. The van der Waals surface area contributed by atoms with Crippen molar-refractivity contribution in [1.82, 2.24) is 0 Å². The number of hydrogen-bond acceptors (Lipinski definition) is 3. The zero-order valence-corrected chi connectivity index (χ0v) is 9.73. The highest BCUT2D eigenvalue weighted by atomic mass is 19.1. The lowest BCUT2D eigenvalue weighted by Crippen LogP contribution is -1.97. The lowest BCUT2D eigenvalue weighted by atomic mass is 10.2. The molecule has 0 bridgehead atoms. The maximum Gasteiger partial charge on any atom is 0.168 e. The van der Waals surface area contributed by atoms with Gasteiger partial charge >= 0.3 is 0 Å². The molecule has 0 fully saturated rings. The second kappa shape index (κ2) is 5.46. The highest BCUT2D eigenvalue weighted by Gasteiger charge is 2.13. The van der Waals surface area contributed by atoms with Crippen molar-refractivity contribution in [3.05, 3.63) is 59.2 Å². The molecule has 5 heteroatoms. The molecular formula is C14H9F2NO2. The van der Waals surface area contributed by atoms with Gasteiger partial charge in [0.15, 0.2) is 23.1 Å². The van der Waals surface area contributed by atoms with Gasteiger partial charge in [0.05, 0.1) is 18.2 Å². The van der Waals surface area contributed by atoms with Crippen LogP contribution in [0.5, 0.6) is 11.5 Å². The first-order valence-electron chi connectivity index (χ1n) is 5.41. The Morgan fingerprint density at radius 3 is 2.58 bits per heavy atom. The summed E-state index contributed by atoms with van der Waals surface area (Å²) >= 11 is 0. The van der Waals surface area contributed by atoms with Crippen LogP contribution in [0.3, 0.4) is 0 Å². The summed E-state index contributed by atoms with van der Waals surface area (Å²) in [7, 11) is 0. The predicted molar refractivity (Wildman–Crippen MR) is 63.5 cm³/mol. The summed E-state index contributed by atoms with van der Waals surface area (Å²) < 4.78 is 32.4. The minimum absolute atomic E-state index is 0.140. The van der Waals surface area contributed by atoms with E-state index in [9.17, 15) is 8.78 Å². The second-order valence-electron chi connectivity index (χ2n) is 3.75. The Morgan fingerprint density at radius 1 is 1.16 bits per heavy atom. The van der Waals surface area contributed by atoms with Gasteiger partial charge in [-0.2, -0.15) is 5.26 Å². The molecule has 2 aromatic rings. The van der Waals surface area contributed by atoms with Gasteiger partial charge in [0.25, 0.3) is 0 Å². The number of nitriles is 1. The van der Waals surface area contributed by atoms with Crippen LogP contribution in [0.1, 0.15) is 11.1 Å². The van der Waals surface area contributed by atoms with Crippen molar-refractivity contribution >= 4 is 0 Å². The SMILES string of the molecule is N#Cc1ccc(Oc2c(F)cccc2CO)c(F)c1. The molecule has 0 atom stereocenters. The van der Waals surface area contributed by atoms with E-state index in [1.165, 1.54) is 24.3 Å². The molecule has 0 aliphatic rings. The standard InChI is InChI=1S/C14H9F2NO2/c15-11-3-1-2-10(8-18)14(11)19-13-5-4-9(7-17)6-12(13)16/h1-6,18H,8H2. The van der Waals surface area contributed by atoms with Crippen LogP contribution < -0.4 is 4.74 Å². The Bertz CT molecular complexity index is 650. The Kier molecular flexibility index (Phi) is 3.74.